The predicted octanol–water partition coefficient (Wildman–Crippen LogP) is -0.826. The van der Waals surface area contributed by atoms with Gasteiger partial charge < -0.3 is 11.1 Å². The molecule has 0 saturated carbocycles. The van der Waals surface area contributed by atoms with Crippen LogP contribution in [0, 0.1) is 0 Å². The summed E-state index contributed by atoms with van der Waals surface area (Å²) in [5.74, 6) is 0. The van der Waals surface area contributed by atoms with E-state index in [1.165, 1.54) is 0 Å². The van der Waals surface area contributed by atoms with Gasteiger partial charge in [0.1, 0.15) is 0 Å². The van der Waals surface area contributed by atoms with Gasteiger partial charge in [-0.3, -0.25) is 0 Å². The summed E-state index contributed by atoms with van der Waals surface area (Å²) in [7, 11) is 0. The van der Waals surface area contributed by atoms with Crippen molar-refractivity contribution in [3.8, 4) is 0 Å². The predicted molar refractivity (Wildman–Crippen MR) is 47.9 cm³/mol. The molecule has 0 saturated heterocycles. The number of rotatable bonds is 3. The summed E-state index contributed by atoms with van der Waals surface area (Å²) in [6.07, 6.45) is 0. The molecule has 0 aliphatic rings. The van der Waals surface area contributed by atoms with E-state index < -0.39 is 0 Å². The van der Waals surface area contributed by atoms with Crippen LogP contribution in [-0.2, 0) is 6.54 Å². The molecule has 0 aliphatic heterocycles. The van der Waals surface area contributed by atoms with Crippen LogP contribution >= 0.6 is 0 Å². The van der Waals surface area contributed by atoms with Crippen LogP contribution in [0.5, 0.6) is 0 Å². The van der Waals surface area contributed by atoms with Crippen LogP contribution in [0.3, 0.4) is 0 Å². The molecule has 0 aromatic heterocycles. The van der Waals surface area contributed by atoms with E-state index in [-0.39, 0.29) is 51.4 Å². The maximum Gasteiger partial charge on any atom is 1.00 e. The molecule has 1 aromatic rings. The Morgan fingerprint density at radius 2 is 2.17 bits per heavy atom. The number of hydrogen-bond donors (Lipinski definition) is 1. The molecule has 0 aliphatic carbocycles. The summed E-state index contributed by atoms with van der Waals surface area (Å²) in [6.45, 7) is 3.44. The summed E-state index contributed by atoms with van der Waals surface area (Å²) in [5, 5.41) is 4.26. The minimum atomic E-state index is 0. The zero-order valence-electron chi connectivity index (χ0n) is 7.75. The molecule has 0 atom stereocenters. The zero-order chi connectivity index (χ0) is 8.10. The van der Waals surface area contributed by atoms with Crippen molar-refractivity contribution in [2.45, 2.75) is 13.5 Å². The molecule has 3 heteroatoms. The molecule has 0 spiro atoms. The molecule has 60 valence electrons. The molecule has 0 fully saturated rings. The molecule has 1 aromatic carbocycles. The molecule has 0 radical (unpaired) electrons. The van der Waals surface area contributed by atoms with Gasteiger partial charge in [-0.1, -0.05) is 31.2 Å². The van der Waals surface area contributed by atoms with Gasteiger partial charge in [-0.2, -0.15) is 0 Å². The van der Waals surface area contributed by atoms with Gasteiger partial charge in [0.15, 0.2) is 0 Å². The van der Waals surface area contributed by atoms with Crippen LogP contribution in [0.1, 0.15) is 12.5 Å². The van der Waals surface area contributed by atoms with Gasteiger partial charge in [0.05, 0.1) is 0 Å². The number of benzene rings is 1. The third-order valence-electron chi connectivity index (χ3n) is 1.49. The van der Waals surface area contributed by atoms with Crippen molar-refractivity contribution in [1.29, 1.82) is 0 Å². The standard InChI is InChI=1S/C9H13N2.K/c1-2-11-9-5-3-4-8(6-9)7-10;/h3-6H,2,7,10H2,1H3;/q-1;+1. The Balaban J connectivity index is 0.00000121. The van der Waals surface area contributed by atoms with Crippen molar-refractivity contribution in [1.82, 2.24) is 0 Å². The summed E-state index contributed by atoms with van der Waals surface area (Å²) >= 11 is 0. The monoisotopic (exact) mass is 188 g/mol. The van der Waals surface area contributed by atoms with Crippen molar-refractivity contribution in [3.05, 3.63) is 35.1 Å². The maximum absolute atomic E-state index is 5.47. The normalized spacial score (nSPS) is 8.83. The first-order chi connectivity index (χ1) is 5.36. The average molecular weight is 188 g/mol. The summed E-state index contributed by atoms with van der Waals surface area (Å²) in [6, 6.07) is 8.00. The molecule has 0 amide bonds. The van der Waals surface area contributed by atoms with Crippen LogP contribution in [-0.4, -0.2) is 6.54 Å². The van der Waals surface area contributed by atoms with E-state index in [4.69, 9.17) is 5.73 Å². The van der Waals surface area contributed by atoms with E-state index in [9.17, 15) is 0 Å². The third-order valence-corrected chi connectivity index (χ3v) is 1.49. The molecule has 2 nitrogen and oxygen atoms in total. The maximum atomic E-state index is 5.47. The zero-order valence-corrected chi connectivity index (χ0v) is 10.9. The fourth-order valence-electron chi connectivity index (χ4n) is 0.964. The summed E-state index contributed by atoms with van der Waals surface area (Å²) in [5.41, 5.74) is 7.64. The Morgan fingerprint density at radius 1 is 1.42 bits per heavy atom. The number of nitrogens with two attached hydrogens (primary N) is 1. The van der Waals surface area contributed by atoms with Crippen molar-refractivity contribution in [2.24, 2.45) is 5.73 Å². The SMILES string of the molecule is CC[N-]c1cccc(CN)c1.[K+]. The Labute approximate surface area is 116 Å². The minimum absolute atomic E-state index is 0. The summed E-state index contributed by atoms with van der Waals surface area (Å²) < 4.78 is 0. The van der Waals surface area contributed by atoms with E-state index in [1.807, 2.05) is 31.2 Å². The fraction of sp³-hybridized carbons (Fsp3) is 0.333. The van der Waals surface area contributed by atoms with E-state index in [0.717, 1.165) is 17.8 Å². The van der Waals surface area contributed by atoms with Gasteiger partial charge in [-0.05, 0) is 5.56 Å². The largest absolute Gasteiger partial charge is 1.00 e. The van der Waals surface area contributed by atoms with Crippen LogP contribution in [0.2, 0.25) is 0 Å². The van der Waals surface area contributed by atoms with E-state index in [0.29, 0.717) is 6.54 Å². The molecule has 0 bridgehead atoms. The van der Waals surface area contributed by atoms with Crippen LogP contribution in [0.15, 0.2) is 24.3 Å². The van der Waals surface area contributed by atoms with Crippen molar-refractivity contribution in [3.63, 3.8) is 0 Å². The summed E-state index contributed by atoms with van der Waals surface area (Å²) in [4.78, 5) is 0. The van der Waals surface area contributed by atoms with Gasteiger partial charge in [0, 0.05) is 6.54 Å². The second-order valence-electron chi connectivity index (χ2n) is 2.35. The molecule has 0 heterocycles. The van der Waals surface area contributed by atoms with Gasteiger partial charge in [-0.15, -0.1) is 12.2 Å². The molecule has 2 N–H and O–H groups in total. The third kappa shape index (κ3) is 4.03. The first-order valence-electron chi connectivity index (χ1n) is 3.83. The topological polar surface area (TPSA) is 40.1 Å². The smallest absolute Gasteiger partial charge is 0.685 e. The molecule has 0 unspecified atom stereocenters. The molecule has 12 heavy (non-hydrogen) atoms. The Morgan fingerprint density at radius 3 is 2.75 bits per heavy atom. The Kier molecular flexibility index (Phi) is 7.42. The Bertz CT molecular complexity index is 226. The van der Waals surface area contributed by atoms with Crippen molar-refractivity contribution < 1.29 is 51.4 Å². The molecular formula is C9H13KN2. The van der Waals surface area contributed by atoms with Gasteiger partial charge in [0.25, 0.3) is 0 Å². The second kappa shape index (κ2) is 7.06. The number of hydrogen-bond acceptors (Lipinski definition) is 1. The van der Waals surface area contributed by atoms with Crippen LogP contribution in [0.4, 0.5) is 5.69 Å². The van der Waals surface area contributed by atoms with Gasteiger partial charge in [0.2, 0.25) is 0 Å². The van der Waals surface area contributed by atoms with Gasteiger partial charge >= 0.3 is 51.4 Å². The van der Waals surface area contributed by atoms with Crippen LogP contribution in [0.25, 0.3) is 5.32 Å². The fourth-order valence-corrected chi connectivity index (χ4v) is 0.964. The van der Waals surface area contributed by atoms with Crippen molar-refractivity contribution >= 4 is 5.69 Å². The van der Waals surface area contributed by atoms with E-state index in [1.54, 1.807) is 0 Å². The van der Waals surface area contributed by atoms with Gasteiger partial charge in [-0.25, -0.2) is 0 Å². The first-order valence-corrected chi connectivity index (χ1v) is 3.83. The van der Waals surface area contributed by atoms with Crippen LogP contribution < -0.4 is 57.1 Å². The average Bonchev–Trinajstić information content (AvgIpc) is 2.06. The number of nitrogens with zero attached hydrogens (tertiary/aromatic N) is 1. The second-order valence-corrected chi connectivity index (χ2v) is 2.35. The van der Waals surface area contributed by atoms with Crippen molar-refractivity contribution in [2.75, 3.05) is 6.54 Å². The van der Waals surface area contributed by atoms with E-state index >= 15 is 0 Å². The Hall–Kier alpha value is 0.616. The first kappa shape index (κ1) is 12.6. The molecule has 1 rings (SSSR count). The molecular weight excluding hydrogens is 175 g/mol. The van der Waals surface area contributed by atoms with E-state index in [2.05, 4.69) is 5.32 Å². The minimum Gasteiger partial charge on any atom is -0.685 e. The quantitative estimate of drug-likeness (QED) is 0.618.